The van der Waals surface area contributed by atoms with Crippen molar-refractivity contribution in [2.45, 2.75) is 32.7 Å². The van der Waals surface area contributed by atoms with Crippen LogP contribution in [0, 0.1) is 0 Å². The number of carbonyl (C=O) groups excluding carboxylic acids is 1. The van der Waals surface area contributed by atoms with Crippen molar-refractivity contribution in [1.29, 1.82) is 0 Å². The van der Waals surface area contributed by atoms with E-state index in [0.717, 1.165) is 5.56 Å². The van der Waals surface area contributed by atoms with Crippen LogP contribution in [0.1, 0.15) is 42.6 Å². The molecule has 1 amide bonds. The molecule has 2 aromatic rings. The molecule has 0 spiro atoms. The fourth-order valence-corrected chi connectivity index (χ4v) is 2.42. The standard InChI is InChI=1S/C19H24N2O.ClH/c1-13(2)17-6-4-5-7-18(17)15-8-10-16(11-9-15)19(22)21-12-14(3)20;/h4-11,13-14H,12,20H2,1-3H3,(H,21,22);1H/t14-;/m0./s1. The number of benzene rings is 2. The minimum atomic E-state index is -0.0824. The van der Waals surface area contributed by atoms with E-state index in [9.17, 15) is 4.79 Å². The van der Waals surface area contributed by atoms with Crippen LogP contribution in [0.3, 0.4) is 0 Å². The van der Waals surface area contributed by atoms with Gasteiger partial charge in [0.05, 0.1) is 0 Å². The predicted molar refractivity (Wildman–Crippen MR) is 99.2 cm³/mol. The van der Waals surface area contributed by atoms with Crippen molar-refractivity contribution in [2.75, 3.05) is 6.54 Å². The zero-order valence-electron chi connectivity index (χ0n) is 13.9. The maximum absolute atomic E-state index is 12.0. The minimum absolute atomic E-state index is 0. The van der Waals surface area contributed by atoms with Gasteiger partial charge >= 0.3 is 0 Å². The summed E-state index contributed by atoms with van der Waals surface area (Å²) in [5, 5.41) is 2.82. The fourth-order valence-electron chi connectivity index (χ4n) is 2.42. The van der Waals surface area contributed by atoms with Crippen molar-refractivity contribution in [1.82, 2.24) is 5.32 Å². The van der Waals surface area contributed by atoms with Crippen LogP contribution in [0.2, 0.25) is 0 Å². The lowest BCUT2D eigenvalue weighted by Crippen LogP contribution is -2.35. The van der Waals surface area contributed by atoms with Gasteiger partial charge in [0.15, 0.2) is 0 Å². The molecule has 124 valence electrons. The summed E-state index contributed by atoms with van der Waals surface area (Å²) < 4.78 is 0. The molecule has 1 atom stereocenters. The van der Waals surface area contributed by atoms with E-state index in [1.165, 1.54) is 11.1 Å². The number of hydrogen-bond acceptors (Lipinski definition) is 2. The van der Waals surface area contributed by atoms with Gasteiger partial charge in [0.1, 0.15) is 0 Å². The van der Waals surface area contributed by atoms with E-state index < -0.39 is 0 Å². The van der Waals surface area contributed by atoms with E-state index in [2.05, 4.69) is 37.4 Å². The molecule has 0 saturated carbocycles. The van der Waals surface area contributed by atoms with Crippen molar-refractivity contribution in [3.05, 3.63) is 59.7 Å². The first-order valence-corrected chi connectivity index (χ1v) is 7.72. The van der Waals surface area contributed by atoms with Crippen molar-refractivity contribution in [2.24, 2.45) is 5.73 Å². The molecule has 0 heterocycles. The number of amides is 1. The molecule has 0 aliphatic rings. The van der Waals surface area contributed by atoms with E-state index in [1.807, 2.05) is 37.3 Å². The number of nitrogens with one attached hydrogen (secondary N) is 1. The van der Waals surface area contributed by atoms with Gasteiger partial charge in [-0.05, 0) is 41.7 Å². The molecule has 0 aromatic heterocycles. The third-order valence-corrected chi connectivity index (χ3v) is 3.63. The van der Waals surface area contributed by atoms with Gasteiger partial charge in [0.25, 0.3) is 5.91 Å². The molecular formula is C19H25ClN2O. The van der Waals surface area contributed by atoms with Gasteiger partial charge < -0.3 is 11.1 Å². The summed E-state index contributed by atoms with van der Waals surface area (Å²) in [7, 11) is 0. The Kier molecular flexibility index (Phi) is 7.27. The lowest BCUT2D eigenvalue weighted by atomic mass is 9.92. The quantitative estimate of drug-likeness (QED) is 0.870. The summed E-state index contributed by atoms with van der Waals surface area (Å²) in [6.07, 6.45) is 0. The SMILES string of the molecule is CC(C)c1ccccc1-c1ccc(C(=O)NC[C@H](C)N)cc1.Cl. The molecule has 0 fully saturated rings. The van der Waals surface area contributed by atoms with Crippen molar-refractivity contribution in [3.8, 4) is 11.1 Å². The topological polar surface area (TPSA) is 55.1 Å². The molecule has 3 nitrogen and oxygen atoms in total. The van der Waals surface area contributed by atoms with E-state index in [-0.39, 0.29) is 24.4 Å². The Bertz CT molecular complexity index is 636. The molecule has 0 aliphatic carbocycles. The van der Waals surface area contributed by atoms with Crippen LogP contribution in [-0.2, 0) is 0 Å². The van der Waals surface area contributed by atoms with Crippen LogP contribution in [0.5, 0.6) is 0 Å². The Labute approximate surface area is 144 Å². The number of rotatable bonds is 5. The third kappa shape index (κ3) is 5.08. The van der Waals surface area contributed by atoms with Gasteiger partial charge in [0.2, 0.25) is 0 Å². The van der Waals surface area contributed by atoms with Crippen LogP contribution in [0.25, 0.3) is 11.1 Å². The zero-order valence-corrected chi connectivity index (χ0v) is 14.7. The smallest absolute Gasteiger partial charge is 0.251 e. The molecule has 0 unspecified atom stereocenters. The first-order valence-electron chi connectivity index (χ1n) is 7.72. The molecule has 2 aromatic carbocycles. The van der Waals surface area contributed by atoms with Crippen LogP contribution in [-0.4, -0.2) is 18.5 Å². The van der Waals surface area contributed by atoms with E-state index in [0.29, 0.717) is 18.0 Å². The first-order chi connectivity index (χ1) is 10.5. The summed E-state index contributed by atoms with van der Waals surface area (Å²) in [5.74, 6) is 0.381. The lowest BCUT2D eigenvalue weighted by molar-refractivity contribution is 0.0951. The predicted octanol–water partition coefficient (Wildman–Crippen LogP) is 3.98. The van der Waals surface area contributed by atoms with Crippen LogP contribution >= 0.6 is 12.4 Å². The maximum Gasteiger partial charge on any atom is 0.251 e. The Hall–Kier alpha value is -1.84. The van der Waals surface area contributed by atoms with Crippen molar-refractivity contribution in [3.63, 3.8) is 0 Å². The van der Waals surface area contributed by atoms with Crippen molar-refractivity contribution >= 4 is 18.3 Å². The number of carbonyl (C=O) groups is 1. The largest absolute Gasteiger partial charge is 0.350 e. The highest BCUT2D eigenvalue weighted by molar-refractivity contribution is 5.94. The average Bonchev–Trinajstić information content (AvgIpc) is 2.52. The van der Waals surface area contributed by atoms with Crippen LogP contribution in [0.4, 0.5) is 0 Å². The Morgan fingerprint density at radius 3 is 2.22 bits per heavy atom. The Morgan fingerprint density at radius 1 is 1.04 bits per heavy atom. The first kappa shape index (κ1) is 19.2. The van der Waals surface area contributed by atoms with Crippen molar-refractivity contribution < 1.29 is 4.79 Å². The van der Waals surface area contributed by atoms with Gasteiger partial charge in [-0.3, -0.25) is 4.79 Å². The molecule has 0 saturated heterocycles. The van der Waals surface area contributed by atoms with Gasteiger partial charge in [0, 0.05) is 18.2 Å². The fraction of sp³-hybridized carbons (Fsp3) is 0.316. The van der Waals surface area contributed by atoms with Gasteiger partial charge in [-0.15, -0.1) is 12.4 Å². The molecule has 0 radical (unpaired) electrons. The highest BCUT2D eigenvalue weighted by Gasteiger charge is 2.10. The highest BCUT2D eigenvalue weighted by atomic mass is 35.5. The van der Waals surface area contributed by atoms with Gasteiger partial charge in [-0.2, -0.15) is 0 Å². The summed E-state index contributed by atoms with van der Waals surface area (Å²) in [6, 6.07) is 16.1. The summed E-state index contributed by atoms with van der Waals surface area (Å²) >= 11 is 0. The van der Waals surface area contributed by atoms with E-state index >= 15 is 0 Å². The van der Waals surface area contributed by atoms with Crippen LogP contribution in [0.15, 0.2) is 48.5 Å². The van der Waals surface area contributed by atoms with Gasteiger partial charge in [-0.1, -0.05) is 50.2 Å². The number of halogens is 1. The average molecular weight is 333 g/mol. The normalized spacial score (nSPS) is 11.7. The Morgan fingerprint density at radius 2 is 1.65 bits per heavy atom. The Balaban J connectivity index is 0.00000264. The second-order valence-electron chi connectivity index (χ2n) is 6.01. The summed E-state index contributed by atoms with van der Waals surface area (Å²) in [5.41, 5.74) is 9.98. The number of nitrogens with two attached hydrogens (primary N) is 1. The molecule has 0 bridgehead atoms. The molecular weight excluding hydrogens is 308 g/mol. The summed E-state index contributed by atoms with van der Waals surface area (Å²) in [6.45, 7) is 6.73. The van der Waals surface area contributed by atoms with E-state index in [1.54, 1.807) is 0 Å². The zero-order chi connectivity index (χ0) is 16.1. The second-order valence-corrected chi connectivity index (χ2v) is 6.01. The third-order valence-electron chi connectivity index (χ3n) is 3.63. The molecule has 3 N–H and O–H groups in total. The number of hydrogen-bond donors (Lipinski definition) is 2. The monoisotopic (exact) mass is 332 g/mol. The van der Waals surface area contributed by atoms with Gasteiger partial charge in [-0.25, -0.2) is 0 Å². The maximum atomic E-state index is 12.0. The second kappa shape index (κ2) is 8.70. The molecule has 4 heteroatoms. The van der Waals surface area contributed by atoms with E-state index in [4.69, 9.17) is 5.73 Å². The molecule has 23 heavy (non-hydrogen) atoms. The van der Waals surface area contributed by atoms with Crippen LogP contribution < -0.4 is 11.1 Å². The minimum Gasteiger partial charge on any atom is -0.350 e. The molecule has 0 aliphatic heterocycles. The molecule has 2 rings (SSSR count). The highest BCUT2D eigenvalue weighted by Crippen LogP contribution is 2.29. The summed E-state index contributed by atoms with van der Waals surface area (Å²) in [4.78, 5) is 12.0. The lowest BCUT2D eigenvalue weighted by Gasteiger charge is -2.13.